The number of hydrogen-bond acceptors (Lipinski definition) is 5. The van der Waals surface area contributed by atoms with Crippen molar-refractivity contribution >= 4 is 11.9 Å². The molecule has 0 bridgehead atoms. The first-order chi connectivity index (χ1) is 10.2. The van der Waals surface area contributed by atoms with Gasteiger partial charge in [0.15, 0.2) is 0 Å². The number of benzene rings is 2. The molecule has 5 heteroatoms. The fourth-order valence-electron chi connectivity index (χ4n) is 1.75. The van der Waals surface area contributed by atoms with Crippen LogP contribution in [0.4, 0.5) is 0 Å². The molecule has 0 atom stereocenters. The van der Waals surface area contributed by atoms with E-state index in [1.807, 2.05) is 6.07 Å². The summed E-state index contributed by atoms with van der Waals surface area (Å²) >= 11 is 0. The van der Waals surface area contributed by atoms with E-state index in [2.05, 4.69) is 4.74 Å². The Morgan fingerprint density at radius 1 is 0.857 bits per heavy atom. The third kappa shape index (κ3) is 3.39. The topological polar surface area (TPSA) is 61.8 Å². The molecule has 5 nitrogen and oxygen atoms in total. The molecule has 21 heavy (non-hydrogen) atoms. The number of esters is 2. The number of carbonyl (C=O) groups is 2. The molecule has 2 aromatic rings. The molecule has 0 aliphatic rings. The smallest absolute Gasteiger partial charge is 0.341 e. The standard InChI is InChI=1S/C16H14O5/c1-19-15(17)11-8-9-13(16(18)20-2)14(10-11)21-12-6-4-3-5-7-12/h3-10H,1-2H3. The average molecular weight is 286 g/mol. The summed E-state index contributed by atoms with van der Waals surface area (Å²) in [6.45, 7) is 0. The van der Waals surface area contributed by atoms with E-state index in [1.54, 1.807) is 24.3 Å². The van der Waals surface area contributed by atoms with Crippen molar-refractivity contribution in [1.82, 2.24) is 0 Å². The van der Waals surface area contributed by atoms with Gasteiger partial charge in [-0.15, -0.1) is 0 Å². The predicted octanol–water partition coefficient (Wildman–Crippen LogP) is 3.05. The highest BCUT2D eigenvalue weighted by molar-refractivity contribution is 5.96. The molecule has 0 heterocycles. The summed E-state index contributed by atoms with van der Waals surface area (Å²) < 4.78 is 15.0. The van der Waals surface area contributed by atoms with E-state index in [0.717, 1.165) is 0 Å². The summed E-state index contributed by atoms with van der Waals surface area (Å²) in [5.41, 5.74) is 0.519. The van der Waals surface area contributed by atoms with E-state index in [0.29, 0.717) is 5.75 Å². The van der Waals surface area contributed by atoms with Gasteiger partial charge in [0.05, 0.1) is 19.8 Å². The third-order valence-electron chi connectivity index (χ3n) is 2.78. The van der Waals surface area contributed by atoms with Crippen molar-refractivity contribution in [2.24, 2.45) is 0 Å². The van der Waals surface area contributed by atoms with Crippen LogP contribution in [0, 0.1) is 0 Å². The summed E-state index contributed by atoms with van der Waals surface area (Å²) in [7, 11) is 2.57. The van der Waals surface area contributed by atoms with Gasteiger partial charge in [-0.25, -0.2) is 9.59 Å². The lowest BCUT2D eigenvalue weighted by Gasteiger charge is -2.11. The monoisotopic (exact) mass is 286 g/mol. The minimum absolute atomic E-state index is 0.231. The maximum absolute atomic E-state index is 11.8. The Labute approximate surface area is 122 Å². The van der Waals surface area contributed by atoms with Crippen molar-refractivity contribution in [3.8, 4) is 11.5 Å². The maximum Gasteiger partial charge on any atom is 0.341 e. The van der Waals surface area contributed by atoms with E-state index in [1.165, 1.54) is 32.4 Å². The van der Waals surface area contributed by atoms with E-state index in [4.69, 9.17) is 9.47 Å². The quantitative estimate of drug-likeness (QED) is 0.808. The minimum Gasteiger partial charge on any atom is -0.465 e. The molecule has 0 N–H and O–H groups in total. The maximum atomic E-state index is 11.8. The van der Waals surface area contributed by atoms with Crippen LogP contribution in [0.15, 0.2) is 48.5 Å². The molecule has 0 unspecified atom stereocenters. The first kappa shape index (κ1) is 14.6. The van der Waals surface area contributed by atoms with Crippen LogP contribution in [-0.4, -0.2) is 26.2 Å². The van der Waals surface area contributed by atoms with Gasteiger partial charge in [-0.3, -0.25) is 0 Å². The van der Waals surface area contributed by atoms with Crippen LogP contribution >= 0.6 is 0 Å². The van der Waals surface area contributed by atoms with Crippen molar-refractivity contribution < 1.29 is 23.8 Å². The second kappa shape index (κ2) is 6.56. The zero-order valence-electron chi connectivity index (χ0n) is 11.7. The fourth-order valence-corrected chi connectivity index (χ4v) is 1.75. The molecule has 0 fully saturated rings. The molecule has 0 saturated heterocycles. The molecule has 0 spiro atoms. The van der Waals surface area contributed by atoms with Crippen LogP contribution in [0.5, 0.6) is 11.5 Å². The Morgan fingerprint density at radius 2 is 1.52 bits per heavy atom. The number of para-hydroxylation sites is 1. The normalized spacial score (nSPS) is 9.81. The van der Waals surface area contributed by atoms with Crippen molar-refractivity contribution in [1.29, 1.82) is 0 Å². The Balaban J connectivity index is 2.43. The van der Waals surface area contributed by atoms with Crippen LogP contribution in [0.25, 0.3) is 0 Å². The van der Waals surface area contributed by atoms with Crippen LogP contribution in [0.3, 0.4) is 0 Å². The molecule has 0 saturated carbocycles. The number of ether oxygens (including phenoxy) is 3. The largest absolute Gasteiger partial charge is 0.465 e. The first-order valence-corrected chi connectivity index (χ1v) is 6.19. The summed E-state index contributed by atoms with van der Waals surface area (Å²) in [6, 6.07) is 13.3. The molecule has 2 aromatic carbocycles. The Kier molecular flexibility index (Phi) is 4.56. The zero-order valence-corrected chi connectivity index (χ0v) is 11.7. The van der Waals surface area contributed by atoms with Gasteiger partial charge in [0.2, 0.25) is 0 Å². The Hall–Kier alpha value is -2.82. The number of hydrogen-bond donors (Lipinski definition) is 0. The summed E-state index contributed by atoms with van der Waals surface area (Å²) in [5.74, 6) is -0.276. The Morgan fingerprint density at radius 3 is 2.14 bits per heavy atom. The predicted molar refractivity (Wildman–Crippen MR) is 75.6 cm³/mol. The second-order valence-corrected chi connectivity index (χ2v) is 4.11. The molecule has 0 aromatic heterocycles. The van der Waals surface area contributed by atoms with Gasteiger partial charge in [-0.1, -0.05) is 18.2 Å². The summed E-state index contributed by atoms with van der Waals surface area (Å²) in [5, 5.41) is 0. The SMILES string of the molecule is COC(=O)c1ccc(C(=O)OC)c(Oc2ccccc2)c1. The average Bonchev–Trinajstić information content (AvgIpc) is 2.54. The molecule has 2 rings (SSSR count). The molecular formula is C16H14O5. The number of methoxy groups -OCH3 is 2. The number of rotatable bonds is 4. The van der Waals surface area contributed by atoms with Crippen LogP contribution in [-0.2, 0) is 9.47 Å². The lowest BCUT2D eigenvalue weighted by molar-refractivity contribution is 0.0584. The lowest BCUT2D eigenvalue weighted by Crippen LogP contribution is -2.07. The molecule has 108 valence electrons. The van der Waals surface area contributed by atoms with E-state index < -0.39 is 11.9 Å². The van der Waals surface area contributed by atoms with E-state index in [-0.39, 0.29) is 16.9 Å². The van der Waals surface area contributed by atoms with Crippen molar-refractivity contribution in [3.05, 3.63) is 59.7 Å². The van der Waals surface area contributed by atoms with Crippen LogP contribution in [0.2, 0.25) is 0 Å². The summed E-state index contributed by atoms with van der Waals surface area (Å²) in [4.78, 5) is 23.3. The highest BCUT2D eigenvalue weighted by atomic mass is 16.5. The molecular weight excluding hydrogens is 272 g/mol. The molecule has 0 amide bonds. The fraction of sp³-hybridized carbons (Fsp3) is 0.125. The highest BCUT2D eigenvalue weighted by Crippen LogP contribution is 2.27. The van der Waals surface area contributed by atoms with Crippen LogP contribution < -0.4 is 4.74 Å². The van der Waals surface area contributed by atoms with Gasteiger partial charge >= 0.3 is 11.9 Å². The van der Waals surface area contributed by atoms with Crippen molar-refractivity contribution in [2.75, 3.05) is 14.2 Å². The van der Waals surface area contributed by atoms with Crippen molar-refractivity contribution in [2.45, 2.75) is 0 Å². The van der Waals surface area contributed by atoms with Crippen LogP contribution in [0.1, 0.15) is 20.7 Å². The highest BCUT2D eigenvalue weighted by Gasteiger charge is 2.17. The van der Waals surface area contributed by atoms with Gasteiger partial charge in [-0.2, -0.15) is 0 Å². The molecule has 0 radical (unpaired) electrons. The Bertz CT molecular complexity index is 649. The second-order valence-electron chi connectivity index (χ2n) is 4.11. The van der Waals surface area contributed by atoms with Gasteiger partial charge in [0.25, 0.3) is 0 Å². The first-order valence-electron chi connectivity index (χ1n) is 6.19. The van der Waals surface area contributed by atoms with Gasteiger partial charge in [-0.05, 0) is 30.3 Å². The number of carbonyl (C=O) groups excluding carboxylic acids is 2. The molecule has 0 aliphatic heterocycles. The van der Waals surface area contributed by atoms with Gasteiger partial charge in [0.1, 0.15) is 17.1 Å². The van der Waals surface area contributed by atoms with E-state index >= 15 is 0 Å². The summed E-state index contributed by atoms with van der Waals surface area (Å²) in [6.07, 6.45) is 0. The molecule has 0 aliphatic carbocycles. The van der Waals surface area contributed by atoms with Gasteiger partial charge in [0, 0.05) is 0 Å². The van der Waals surface area contributed by atoms with Crippen molar-refractivity contribution in [3.63, 3.8) is 0 Å². The lowest BCUT2D eigenvalue weighted by atomic mass is 10.1. The minimum atomic E-state index is -0.544. The third-order valence-corrected chi connectivity index (χ3v) is 2.78. The zero-order chi connectivity index (χ0) is 15.2. The van der Waals surface area contributed by atoms with E-state index in [9.17, 15) is 9.59 Å². The van der Waals surface area contributed by atoms with Gasteiger partial charge < -0.3 is 14.2 Å².